The summed E-state index contributed by atoms with van der Waals surface area (Å²) in [4.78, 5) is 39.6. The first-order chi connectivity index (χ1) is 17.5. The van der Waals surface area contributed by atoms with Crippen molar-refractivity contribution in [1.29, 1.82) is 0 Å². The first-order valence-corrected chi connectivity index (χ1v) is 12.5. The number of hydrogen-bond acceptors (Lipinski definition) is 7. The Morgan fingerprint density at radius 2 is 1.66 bits per heavy atom. The number of nitrogens with zero attached hydrogens (tertiary/aromatic N) is 3. The summed E-state index contributed by atoms with van der Waals surface area (Å²) in [6, 6.07) is 0. The molecule has 1 aromatic rings. The Morgan fingerprint density at radius 3 is 2.08 bits per heavy atom. The van der Waals surface area contributed by atoms with E-state index in [1.165, 1.54) is 6.42 Å². The number of carboxylic acids is 2. The van der Waals surface area contributed by atoms with Crippen LogP contribution in [-0.4, -0.2) is 93.6 Å². The summed E-state index contributed by atoms with van der Waals surface area (Å²) in [5.41, 5.74) is 1.13. The number of aliphatic carboxylic acids is 2. The van der Waals surface area contributed by atoms with E-state index in [2.05, 4.69) is 20.2 Å². The number of rotatable bonds is 4. The third-order valence-electron chi connectivity index (χ3n) is 6.48. The van der Waals surface area contributed by atoms with Crippen LogP contribution in [-0.2, 0) is 25.7 Å². The molecule has 1 aromatic heterocycles. The third kappa shape index (κ3) is 9.38. The van der Waals surface area contributed by atoms with Gasteiger partial charge in [0, 0.05) is 43.6 Å². The van der Waals surface area contributed by atoms with Crippen LogP contribution in [0.15, 0.2) is 5.38 Å². The Kier molecular flexibility index (Phi) is 10.9. The normalized spacial score (nSPS) is 21.5. The van der Waals surface area contributed by atoms with Crippen LogP contribution in [0.5, 0.6) is 0 Å². The van der Waals surface area contributed by atoms with E-state index in [0.29, 0.717) is 24.8 Å². The van der Waals surface area contributed by atoms with Crippen molar-refractivity contribution in [2.75, 3.05) is 32.8 Å². The van der Waals surface area contributed by atoms with Gasteiger partial charge in [0.25, 0.3) is 0 Å². The second-order valence-electron chi connectivity index (χ2n) is 9.20. The fourth-order valence-corrected chi connectivity index (χ4v) is 5.14. The number of piperidine rings is 1. The number of carboxylic acid groups (broad SMARTS) is 2. The van der Waals surface area contributed by atoms with Gasteiger partial charge in [-0.05, 0) is 38.5 Å². The van der Waals surface area contributed by atoms with Crippen LogP contribution in [0.1, 0.15) is 42.8 Å². The van der Waals surface area contributed by atoms with E-state index < -0.39 is 24.3 Å². The molecule has 1 amide bonds. The maximum absolute atomic E-state index is 12.5. The predicted molar refractivity (Wildman–Crippen MR) is 121 cm³/mol. The van der Waals surface area contributed by atoms with E-state index in [4.69, 9.17) is 24.5 Å². The van der Waals surface area contributed by atoms with Crippen LogP contribution in [0.25, 0.3) is 0 Å². The number of likely N-dealkylation sites (tertiary alicyclic amines) is 2. The summed E-state index contributed by atoms with van der Waals surface area (Å²) in [7, 11) is 0. The van der Waals surface area contributed by atoms with E-state index >= 15 is 0 Å². The number of amides is 1. The summed E-state index contributed by atoms with van der Waals surface area (Å²) >= 11 is 1.67. The first-order valence-electron chi connectivity index (χ1n) is 11.7. The van der Waals surface area contributed by atoms with Gasteiger partial charge in [-0.3, -0.25) is 4.79 Å². The quantitative estimate of drug-likeness (QED) is 0.520. The Balaban J connectivity index is 0.000000301. The maximum atomic E-state index is 12.5. The molecule has 38 heavy (non-hydrogen) atoms. The number of carbonyl (C=O) groups excluding carboxylic acids is 1. The van der Waals surface area contributed by atoms with Crippen LogP contribution in [0, 0.1) is 12.8 Å². The highest BCUT2D eigenvalue weighted by atomic mass is 32.1. The summed E-state index contributed by atoms with van der Waals surface area (Å²) < 4.78 is 69.0. The molecule has 0 bridgehead atoms. The van der Waals surface area contributed by atoms with Crippen LogP contribution in [0.3, 0.4) is 0 Å². The largest absolute Gasteiger partial charge is 0.490 e. The van der Waals surface area contributed by atoms with Gasteiger partial charge in [-0.2, -0.15) is 26.3 Å². The minimum absolute atomic E-state index is 0.0806. The van der Waals surface area contributed by atoms with Crippen molar-refractivity contribution in [1.82, 2.24) is 14.8 Å². The van der Waals surface area contributed by atoms with Crippen molar-refractivity contribution in [2.45, 2.75) is 63.5 Å². The van der Waals surface area contributed by atoms with Crippen molar-refractivity contribution < 1.29 is 55.7 Å². The van der Waals surface area contributed by atoms with Crippen LogP contribution >= 0.6 is 11.3 Å². The smallest absolute Gasteiger partial charge is 0.475 e. The zero-order chi connectivity index (χ0) is 28.7. The average Bonchev–Trinajstić information content (AvgIpc) is 3.54. The summed E-state index contributed by atoms with van der Waals surface area (Å²) in [5.74, 6) is -4.49. The lowest BCUT2D eigenvalue weighted by Gasteiger charge is -2.45. The molecule has 3 saturated heterocycles. The fourth-order valence-electron chi connectivity index (χ4n) is 4.54. The zero-order valence-electron chi connectivity index (χ0n) is 20.5. The predicted octanol–water partition coefficient (Wildman–Crippen LogP) is 3.71. The van der Waals surface area contributed by atoms with Gasteiger partial charge in [0.2, 0.25) is 5.91 Å². The molecule has 3 fully saturated rings. The lowest BCUT2D eigenvalue weighted by atomic mass is 9.84. The van der Waals surface area contributed by atoms with Crippen molar-refractivity contribution >= 4 is 29.2 Å². The molecule has 0 aliphatic carbocycles. The number of halogens is 6. The highest BCUT2D eigenvalue weighted by Gasteiger charge is 2.47. The molecular formula is C22H29F6N3O6S. The highest BCUT2D eigenvalue weighted by Crippen LogP contribution is 2.40. The highest BCUT2D eigenvalue weighted by molar-refractivity contribution is 7.09. The Bertz CT molecular complexity index is 932. The third-order valence-corrected chi connectivity index (χ3v) is 7.30. The number of aromatic nitrogens is 1. The van der Waals surface area contributed by atoms with E-state index in [9.17, 15) is 31.1 Å². The SMILES string of the molecule is Cc1nc(CN2C(=O)CCC23CCN(CC2CCOC2)CC3)cs1.O=C(O)C(F)(F)F.O=C(O)C(F)(F)F. The summed E-state index contributed by atoms with van der Waals surface area (Å²) in [6.07, 6.45) is -5.02. The van der Waals surface area contributed by atoms with E-state index in [1.807, 2.05) is 6.92 Å². The van der Waals surface area contributed by atoms with Crippen molar-refractivity contribution in [3.8, 4) is 0 Å². The molecule has 2 N–H and O–H groups in total. The number of carbonyl (C=O) groups is 3. The van der Waals surface area contributed by atoms with Gasteiger partial charge >= 0.3 is 24.3 Å². The van der Waals surface area contributed by atoms with Crippen LogP contribution in [0.2, 0.25) is 0 Å². The van der Waals surface area contributed by atoms with Gasteiger partial charge < -0.3 is 24.7 Å². The lowest BCUT2D eigenvalue weighted by Crippen LogP contribution is -2.53. The monoisotopic (exact) mass is 577 g/mol. The van der Waals surface area contributed by atoms with Gasteiger partial charge in [-0.25, -0.2) is 14.6 Å². The van der Waals surface area contributed by atoms with Gasteiger partial charge in [0.05, 0.1) is 23.9 Å². The molecule has 1 spiro atoms. The maximum Gasteiger partial charge on any atom is 0.490 e. The summed E-state index contributed by atoms with van der Waals surface area (Å²) in [5, 5.41) is 17.4. The summed E-state index contributed by atoms with van der Waals surface area (Å²) in [6.45, 7) is 7.95. The molecule has 0 radical (unpaired) electrons. The van der Waals surface area contributed by atoms with Crippen molar-refractivity contribution in [3.63, 3.8) is 0 Å². The molecule has 3 aliphatic heterocycles. The second-order valence-corrected chi connectivity index (χ2v) is 10.3. The fraction of sp³-hybridized carbons (Fsp3) is 0.727. The molecule has 4 rings (SSSR count). The molecule has 16 heteroatoms. The minimum atomic E-state index is -5.08. The minimum Gasteiger partial charge on any atom is -0.475 e. The molecule has 1 atom stereocenters. The molecule has 4 heterocycles. The number of hydrogen-bond donors (Lipinski definition) is 2. The molecule has 0 saturated carbocycles. The molecule has 3 aliphatic rings. The van der Waals surface area contributed by atoms with Gasteiger partial charge in [0.15, 0.2) is 0 Å². The molecule has 216 valence electrons. The van der Waals surface area contributed by atoms with Gasteiger partial charge in [-0.1, -0.05) is 0 Å². The number of ether oxygens (including phenoxy) is 1. The Morgan fingerprint density at radius 1 is 1.11 bits per heavy atom. The Hall–Kier alpha value is -2.46. The van der Waals surface area contributed by atoms with Crippen molar-refractivity contribution in [3.05, 3.63) is 16.1 Å². The standard InChI is InChI=1S/C18H27N3O2S.2C2HF3O2/c1-14-19-16(13-24-14)11-21-17(22)2-4-18(21)5-7-20(8-6-18)10-15-3-9-23-12-15;2*3-2(4,5)1(6)7/h13,15H,2-12H2,1H3;2*(H,6,7). The van der Waals surface area contributed by atoms with Gasteiger partial charge in [0.1, 0.15) is 0 Å². The molecule has 9 nitrogen and oxygen atoms in total. The molecular weight excluding hydrogens is 548 g/mol. The zero-order valence-corrected chi connectivity index (χ0v) is 21.3. The Labute approximate surface area is 218 Å². The molecule has 0 aromatic carbocycles. The first kappa shape index (κ1) is 31.8. The van der Waals surface area contributed by atoms with Crippen molar-refractivity contribution in [2.24, 2.45) is 5.92 Å². The molecule has 1 unspecified atom stereocenters. The van der Waals surface area contributed by atoms with E-state index in [0.717, 1.165) is 62.8 Å². The van der Waals surface area contributed by atoms with E-state index in [1.54, 1.807) is 11.3 Å². The number of thiazole rings is 1. The van der Waals surface area contributed by atoms with E-state index in [-0.39, 0.29) is 5.54 Å². The topological polar surface area (TPSA) is 120 Å². The average molecular weight is 578 g/mol. The second kappa shape index (κ2) is 13.1. The van der Waals surface area contributed by atoms with Gasteiger partial charge in [-0.15, -0.1) is 11.3 Å². The number of aryl methyl sites for hydroxylation is 1. The van der Waals surface area contributed by atoms with Crippen LogP contribution in [0.4, 0.5) is 26.3 Å². The lowest BCUT2D eigenvalue weighted by molar-refractivity contribution is -0.193. The van der Waals surface area contributed by atoms with Crippen LogP contribution < -0.4 is 0 Å². The number of alkyl halides is 6.